The number of hydrogen-bond donors (Lipinski definition) is 0. The zero-order valence-corrected chi connectivity index (χ0v) is 12.2. The van der Waals surface area contributed by atoms with Gasteiger partial charge in [0.2, 0.25) is 6.19 Å². The summed E-state index contributed by atoms with van der Waals surface area (Å²) in [6, 6.07) is 22.0. The average Bonchev–Trinajstić information content (AvgIpc) is 2.56. The zero-order chi connectivity index (χ0) is 15.6. The van der Waals surface area contributed by atoms with Crippen LogP contribution in [0.5, 0.6) is 0 Å². The molecule has 0 aliphatic rings. The van der Waals surface area contributed by atoms with Crippen molar-refractivity contribution in [1.82, 2.24) is 4.90 Å². The number of rotatable bonds is 5. The second-order valence-corrected chi connectivity index (χ2v) is 4.79. The van der Waals surface area contributed by atoms with E-state index in [0.717, 1.165) is 11.1 Å². The summed E-state index contributed by atoms with van der Waals surface area (Å²) in [6.45, 7) is 1.22. The second-order valence-electron chi connectivity index (χ2n) is 4.79. The molecule has 0 bridgehead atoms. The maximum absolute atomic E-state index is 8.98. The molecule has 2 aromatic rings. The quantitative estimate of drug-likeness (QED) is 0.480. The van der Waals surface area contributed by atoms with Gasteiger partial charge < -0.3 is 4.90 Å². The Morgan fingerprint density at radius 3 is 1.77 bits per heavy atom. The third-order valence-corrected chi connectivity index (χ3v) is 3.21. The van der Waals surface area contributed by atoms with E-state index in [1.54, 1.807) is 6.19 Å². The van der Waals surface area contributed by atoms with Gasteiger partial charge in [-0.25, -0.2) is 0 Å². The number of hydrogen-bond acceptors (Lipinski definition) is 3. The fraction of sp³-hybridized carbons (Fsp3) is 0.167. The smallest absolute Gasteiger partial charge is 0.207 e. The monoisotopic (exact) mass is 288 g/mol. The van der Waals surface area contributed by atoms with Crippen molar-refractivity contribution in [2.45, 2.75) is 19.5 Å². The Labute approximate surface area is 130 Å². The van der Waals surface area contributed by atoms with Crippen molar-refractivity contribution in [2.75, 3.05) is 0 Å². The van der Waals surface area contributed by atoms with Crippen LogP contribution in [0.1, 0.15) is 17.5 Å². The predicted octanol–water partition coefficient (Wildman–Crippen LogP) is 3.48. The molecule has 4 heteroatoms. The summed E-state index contributed by atoms with van der Waals surface area (Å²) >= 11 is 0. The number of amidine groups is 1. The Hall–Kier alpha value is -3.11. The standard InChI is InChI=1S/C18H16N4/c19-12-11-18(21-15-20)22(13-16-7-3-1-4-8-16)14-17-9-5-2-6-10-17/h1-10H,11,13-14H2/b21-18+. The lowest BCUT2D eigenvalue weighted by molar-refractivity contribution is 0.401. The van der Waals surface area contributed by atoms with E-state index >= 15 is 0 Å². The maximum atomic E-state index is 8.98. The van der Waals surface area contributed by atoms with Gasteiger partial charge in [0, 0.05) is 13.1 Å². The first-order valence-electron chi connectivity index (χ1n) is 6.99. The normalized spacial score (nSPS) is 10.5. The van der Waals surface area contributed by atoms with Crippen LogP contribution in [-0.2, 0) is 13.1 Å². The first kappa shape index (κ1) is 15.3. The van der Waals surface area contributed by atoms with Crippen molar-refractivity contribution >= 4 is 5.84 Å². The molecule has 0 radical (unpaired) electrons. The lowest BCUT2D eigenvalue weighted by atomic mass is 10.1. The van der Waals surface area contributed by atoms with Gasteiger partial charge in [0.05, 0.1) is 12.5 Å². The van der Waals surface area contributed by atoms with Gasteiger partial charge >= 0.3 is 0 Å². The van der Waals surface area contributed by atoms with Crippen LogP contribution in [0.3, 0.4) is 0 Å². The largest absolute Gasteiger partial charge is 0.350 e. The van der Waals surface area contributed by atoms with E-state index in [1.165, 1.54) is 0 Å². The summed E-state index contributed by atoms with van der Waals surface area (Å²) in [4.78, 5) is 5.80. The first-order chi connectivity index (χ1) is 10.8. The van der Waals surface area contributed by atoms with Gasteiger partial charge in [0.25, 0.3) is 0 Å². The second kappa shape index (κ2) is 8.24. The van der Waals surface area contributed by atoms with Crippen LogP contribution in [0.25, 0.3) is 0 Å². The van der Waals surface area contributed by atoms with E-state index < -0.39 is 0 Å². The predicted molar refractivity (Wildman–Crippen MR) is 85.4 cm³/mol. The Kier molecular flexibility index (Phi) is 5.72. The molecule has 4 nitrogen and oxygen atoms in total. The maximum Gasteiger partial charge on any atom is 0.207 e. The summed E-state index contributed by atoms with van der Waals surface area (Å²) in [5, 5.41) is 17.8. The molecule has 0 saturated carbocycles. The van der Waals surface area contributed by atoms with Crippen LogP contribution in [-0.4, -0.2) is 10.7 Å². The number of benzene rings is 2. The average molecular weight is 288 g/mol. The highest BCUT2D eigenvalue weighted by molar-refractivity contribution is 5.85. The van der Waals surface area contributed by atoms with Crippen LogP contribution in [0.4, 0.5) is 0 Å². The highest BCUT2D eigenvalue weighted by Gasteiger charge is 2.13. The fourth-order valence-corrected chi connectivity index (χ4v) is 2.20. The van der Waals surface area contributed by atoms with E-state index in [0.29, 0.717) is 18.9 Å². The SMILES string of the molecule is N#CC/C(=N\C#N)N(Cc1ccccc1)Cc1ccccc1. The Bertz CT molecular complexity index is 652. The van der Waals surface area contributed by atoms with Gasteiger partial charge in [-0.1, -0.05) is 60.7 Å². The molecule has 0 N–H and O–H groups in total. The van der Waals surface area contributed by atoms with E-state index in [-0.39, 0.29) is 6.42 Å². The lowest BCUT2D eigenvalue weighted by Crippen LogP contribution is -2.29. The molecule has 22 heavy (non-hydrogen) atoms. The van der Waals surface area contributed by atoms with Gasteiger partial charge in [0.1, 0.15) is 5.84 Å². The minimum absolute atomic E-state index is 0.118. The van der Waals surface area contributed by atoms with Crippen LogP contribution in [0.15, 0.2) is 65.7 Å². The minimum Gasteiger partial charge on any atom is -0.350 e. The molecule has 0 aliphatic carbocycles. The Morgan fingerprint density at radius 1 is 0.864 bits per heavy atom. The molecule has 2 rings (SSSR count). The van der Waals surface area contributed by atoms with Crippen molar-refractivity contribution in [3.63, 3.8) is 0 Å². The van der Waals surface area contributed by atoms with E-state index in [2.05, 4.69) is 11.1 Å². The molecule has 0 saturated heterocycles. The highest BCUT2D eigenvalue weighted by Crippen LogP contribution is 2.12. The highest BCUT2D eigenvalue weighted by atomic mass is 15.2. The van der Waals surface area contributed by atoms with Crippen molar-refractivity contribution < 1.29 is 0 Å². The first-order valence-corrected chi connectivity index (χ1v) is 6.99. The van der Waals surface area contributed by atoms with Gasteiger partial charge in [-0.2, -0.15) is 15.5 Å². The molecule has 2 aromatic carbocycles. The molecule has 0 atom stereocenters. The van der Waals surface area contributed by atoms with Crippen molar-refractivity contribution in [1.29, 1.82) is 10.5 Å². The summed E-state index contributed by atoms with van der Waals surface area (Å²) in [7, 11) is 0. The zero-order valence-electron chi connectivity index (χ0n) is 12.2. The van der Waals surface area contributed by atoms with E-state index in [1.807, 2.05) is 65.6 Å². The van der Waals surface area contributed by atoms with Crippen LogP contribution in [0, 0.1) is 22.8 Å². The molecule has 0 heterocycles. The van der Waals surface area contributed by atoms with Crippen LogP contribution >= 0.6 is 0 Å². The number of nitriles is 2. The van der Waals surface area contributed by atoms with Crippen LogP contribution < -0.4 is 0 Å². The topological polar surface area (TPSA) is 63.2 Å². The molecular formula is C18H16N4. The third kappa shape index (κ3) is 4.47. The Morgan fingerprint density at radius 2 is 1.36 bits per heavy atom. The molecule has 108 valence electrons. The van der Waals surface area contributed by atoms with Gasteiger partial charge in [-0.3, -0.25) is 0 Å². The molecule has 0 unspecified atom stereocenters. The summed E-state index contributed by atoms with van der Waals surface area (Å²) in [6.07, 6.45) is 1.92. The summed E-state index contributed by atoms with van der Waals surface area (Å²) in [5.41, 5.74) is 2.23. The molecular weight excluding hydrogens is 272 g/mol. The van der Waals surface area contributed by atoms with E-state index in [9.17, 15) is 0 Å². The molecule has 0 amide bonds. The fourth-order valence-electron chi connectivity index (χ4n) is 2.20. The van der Waals surface area contributed by atoms with Crippen molar-refractivity contribution in [2.24, 2.45) is 4.99 Å². The molecule has 0 fully saturated rings. The minimum atomic E-state index is 0.118. The number of aliphatic imine (C=N–C) groups is 1. The van der Waals surface area contributed by atoms with Crippen molar-refractivity contribution in [3.05, 3.63) is 71.8 Å². The van der Waals surface area contributed by atoms with Crippen LogP contribution in [0.2, 0.25) is 0 Å². The molecule has 0 aromatic heterocycles. The van der Waals surface area contributed by atoms with Gasteiger partial charge in [-0.15, -0.1) is 0 Å². The van der Waals surface area contributed by atoms with E-state index in [4.69, 9.17) is 10.5 Å². The Balaban J connectivity index is 2.25. The van der Waals surface area contributed by atoms with Crippen molar-refractivity contribution in [3.8, 4) is 12.3 Å². The lowest BCUT2D eigenvalue weighted by Gasteiger charge is -2.24. The third-order valence-electron chi connectivity index (χ3n) is 3.21. The summed E-state index contributed by atoms with van der Waals surface area (Å²) < 4.78 is 0. The number of nitrogens with zero attached hydrogens (tertiary/aromatic N) is 4. The molecule has 0 aliphatic heterocycles. The summed E-state index contributed by atoms with van der Waals surface area (Å²) in [5.74, 6) is 0.498. The van der Waals surface area contributed by atoms with Gasteiger partial charge in [0.15, 0.2) is 0 Å². The van der Waals surface area contributed by atoms with Gasteiger partial charge in [-0.05, 0) is 11.1 Å². The molecule has 0 spiro atoms.